The van der Waals surface area contributed by atoms with Crippen molar-refractivity contribution in [3.63, 3.8) is 0 Å². The molecule has 1 aromatic heterocycles. The van der Waals surface area contributed by atoms with Gasteiger partial charge in [-0.1, -0.05) is 13.3 Å². The average Bonchev–Trinajstić information content (AvgIpc) is 2.80. The molecule has 0 saturated heterocycles. The molecule has 6 heteroatoms. The number of hydrogen-bond donors (Lipinski definition) is 1. The number of sulfone groups is 1. The number of nitrogens with one attached hydrogen (secondary N) is 1. The van der Waals surface area contributed by atoms with Crippen LogP contribution in [0.4, 0.5) is 0 Å². The summed E-state index contributed by atoms with van der Waals surface area (Å²) in [4.78, 5) is 0.297. The second-order valence-corrected chi connectivity index (χ2v) is 7.08. The van der Waals surface area contributed by atoms with Gasteiger partial charge in [0, 0.05) is 25.0 Å². The van der Waals surface area contributed by atoms with Crippen LogP contribution in [0.25, 0.3) is 0 Å². The van der Waals surface area contributed by atoms with Crippen LogP contribution in [-0.2, 0) is 16.4 Å². The van der Waals surface area contributed by atoms with E-state index in [1.807, 2.05) is 0 Å². The van der Waals surface area contributed by atoms with Crippen molar-refractivity contribution < 1.29 is 8.42 Å². The van der Waals surface area contributed by atoms with Crippen LogP contribution in [0.5, 0.6) is 0 Å². The predicted octanol–water partition coefficient (Wildman–Crippen LogP) is 1.85. The van der Waals surface area contributed by atoms with Crippen LogP contribution in [-0.4, -0.2) is 37.0 Å². The summed E-state index contributed by atoms with van der Waals surface area (Å²) < 4.78 is 24.3. The van der Waals surface area contributed by atoms with Gasteiger partial charge in [0.05, 0.1) is 6.20 Å². The number of unbranched alkanes of at least 4 members (excludes halogenated alkanes) is 1. The van der Waals surface area contributed by atoms with Gasteiger partial charge < -0.3 is 5.32 Å². The Labute approximate surface area is 116 Å². The van der Waals surface area contributed by atoms with Crippen molar-refractivity contribution in [3.8, 4) is 0 Å². The average molecular weight is 287 g/mol. The van der Waals surface area contributed by atoms with Crippen LogP contribution in [0.3, 0.4) is 0 Å². The summed E-state index contributed by atoms with van der Waals surface area (Å²) in [5.74, 6) is 0. The van der Waals surface area contributed by atoms with Crippen molar-refractivity contribution in [3.05, 3.63) is 12.4 Å². The molecule has 1 rings (SSSR count). The van der Waals surface area contributed by atoms with Crippen molar-refractivity contribution in [1.82, 2.24) is 15.1 Å². The highest BCUT2D eigenvalue weighted by molar-refractivity contribution is 7.90. The van der Waals surface area contributed by atoms with E-state index in [-0.39, 0.29) is 0 Å². The van der Waals surface area contributed by atoms with Crippen LogP contribution in [0.2, 0.25) is 0 Å². The molecule has 0 saturated carbocycles. The summed E-state index contributed by atoms with van der Waals surface area (Å²) in [7, 11) is -3.13. The van der Waals surface area contributed by atoms with E-state index < -0.39 is 9.84 Å². The third-order valence-electron chi connectivity index (χ3n) is 3.05. The SMILES string of the molecule is CCCNC(C)CCCCn1cc(S(C)(=O)=O)cn1. The van der Waals surface area contributed by atoms with Crippen molar-refractivity contribution in [2.75, 3.05) is 12.8 Å². The van der Waals surface area contributed by atoms with E-state index in [1.165, 1.54) is 12.5 Å². The first-order chi connectivity index (χ1) is 8.93. The van der Waals surface area contributed by atoms with Gasteiger partial charge in [0.25, 0.3) is 0 Å². The zero-order valence-electron chi connectivity index (χ0n) is 12.1. The van der Waals surface area contributed by atoms with E-state index in [0.29, 0.717) is 10.9 Å². The Morgan fingerprint density at radius 2 is 2.16 bits per heavy atom. The molecule has 5 nitrogen and oxygen atoms in total. The molecule has 0 aliphatic heterocycles. The second kappa shape index (κ2) is 7.65. The summed E-state index contributed by atoms with van der Waals surface area (Å²) in [5, 5.41) is 7.52. The first-order valence-corrected chi connectivity index (χ1v) is 8.78. The van der Waals surface area contributed by atoms with E-state index in [2.05, 4.69) is 24.3 Å². The summed E-state index contributed by atoms with van der Waals surface area (Å²) >= 11 is 0. The minimum absolute atomic E-state index is 0.297. The number of nitrogens with zero attached hydrogens (tertiary/aromatic N) is 2. The molecule has 1 unspecified atom stereocenters. The summed E-state index contributed by atoms with van der Waals surface area (Å²) in [6.45, 7) is 6.20. The number of aryl methyl sites for hydroxylation is 1. The molecular formula is C13H25N3O2S. The van der Waals surface area contributed by atoms with Crippen molar-refractivity contribution in [2.45, 2.75) is 57.0 Å². The Bertz CT molecular complexity index is 468. The van der Waals surface area contributed by atoms with Gasteiger partial charge in [-0.2, -0.15) is 5.10 Å². The molecule has 0 amide bonds. The van der Waals surface area contributed by atoms with Crippen LogP contribution in [0.15, 0.2) is 17.3 Å². The third kappa shape index (κ3) is 6.20. The lowest BCUT2D eigenvalue weighted by molar-refractivity contribution is 0.466. The van der Waals surface area contributed by atoms with Gasteiger partial charge in [0.2, 0.25) is 0 Å². The molecule has 1 atom stereocenters. The molecule has 0 aromatic carbocycles. The highest BCUT2D eigenvalue weighted by Crippen LogP contribution is 2.08. The fourth-order valence-corrected chi connectivity index (χ4v) is 2.43. The van der Waals surface area contributed by atoms with Crippen LogP contribution in [0, 0.1) is 0 Å². The van der Waals surface area contributed by atoms with Gasteiger partial charge in [0.15, 0.2) is 9.84 Å². The number of aromatic nitrogens is 2. The maximum atomic E-state index is 11.3. The minimum Gasteiger partial charge on any atom is -0.314 e. The molecule has 1 aromatic rings. The van der Waals surface area contributed by atoms with Gasteiger partial charge in [-0.25, -0.2) is 8.42 Å². The Morgan fingerprint density at radius 1 is 1.42 bits per heavy atom. The molecular weight excluding hydrogens is 262 g/mol. The highest BCUT2D eigenvalue weighted by Gasteiger charge is 2.09. The second-order valence-electron chi connectivity index (χ2n) is 5.06. The minimum atomic E-state index is -3.13. The van der Waals surface area contributed by atoms with Gasteiger partial charge in [-0.3, -0.25) is 4.68 Å². The zero-order valence-corrected chi connectivity index (χ0v) is 12.9. The summed E-state index contributed by atoms with van der Waals surface area (Å²) in [6, 6.07) is 0.546. The smallest absolute Gasteiger partial charge is 0.178 e. The van der Waals surface area contributed by atoms with Gasteiger partial charge >= 0.3 is 0 Å². The van der Waals surface area contributed by atoms with Crippen LogP contribution < -0.4 is 5.32 Å². The lowest BCUT2D eigenvalue weighted by Crippen LogP contribution is -2.26. The molecule has 0 radical (unpaired) electrons. The Morgan fingerprint density at radius 3 is 2.74 bits per heavy atom. The predicted molar refractivity (Wildman–Crippen MR) is 76.9 cm³/mol. The fraction of sp³-hybridized carbons (Fsp3) is 0.769. The Hall–Kier alpha value is -0.880. The summed E-state index contributed by atoms with van der Waals surface area (Å²) in [5.41, 5.74) is 0. The molecule has 0 aliphatic carbocycles. The molecule has 19 heavy (non-hydrogen) atoms. The zero-order chi connectivity index (χ0) is 14.3. The van der Waals surface area contributed by atoms with Crippen molar-refractivity contribution in [2.24, 2.45) is 0 Å². The Balaban J connectivity index is 2.25. The molecule has 110 valence electrons. The largest absolute Gasteiger partial charge is 0.314 e. The normalized spacial score (nSPS) is 13.6. The van der Waals surface area contributed by atoms with Gasteiger partial charge in [-0.05, 0) is 32.7 Å². The van der Waals surface area contributed by atoms with Crippen molar-refractivity contribution in [1.29, 1.82) is 0 Å². The highest BCUT2D eigenvalue weighted by atomic mass is 32.2. The first kappa shape index (κ1) is 16.2. The van der Waals surface area contributed by atoms with E-state index in [0.717, 1.165) is 38.8 Å². The summed E-state index contributed by atoms with van der Waals surface area (Å²) in [6.07, 6.45) is 8.66. The van der Waals surface area contributed by atoms with Crippen molar-refractivity contribution >= 4 is 9.84 Å². The third-order valence-corrected chi connectivity index (χ3v) is 4.12. The standard InChI is InChI=1S/C13H25N3O2S/c1-4-8-14-12(2)7-5-6-9-16-11-13(10-15-16)19(3,17)18/h10-12,14H,4-9H2,1-3H3. The molecule has 1 heterocycles. The first-order valence-electron chi connectivity index (χ1n) is 6.89. The Kier molecular flexibility index (Phi) is 6.51. The van der Waals surface area contributed by atoms with Crippen LogP contribution in [0.1, 0.15) is 39.5 Å². The molecule has 1 N–H and O–H groups in total. The fourth-order valence-electron chi connectivity index (χ4n) is 1.88. The maximum absolute atomic E-state index is 11.3. The molecule has 0 spiro atoms. The van der Waals surface area contributed by atoms with Gasteiger partial charge in [-0.15, -0.1) is 0 Å². The van der Waals surface area contributed by atoms with Crippen LogP contribution >= 0.6 is 0 Å². The quantitative estimate of drug-likeness (QED) is 0.704. The molecule has 0 bridgehead atoms. The molecule has 0 fully saturated rings. The lowest BCUT2D eigenvalue weighted by atomic mass is 10.1. The number of rotatable bonds is 9. The van der Waals surface area contributed by atoms with Gasteiger partial charge in [0.1, 0.15) is 4.90 Å². The lowest BCUT2D eigenvalue weighted by Gasteiger charge is -2.12. The maximum Gasteiger partial charge on any atom is 0.178 e. The number of hydrogen-bond acceptors (Lipinski definition) is 4. The van der Waals surface area contributed by atoms with E-state index in [1.54, 1.807) is 10.9 Å². The van der Waals surface area contributed by atoms with E-state index >= 15 is 0 Å². The van der Waals surface area contributed by atoms with E-state index in [4.69, 9.17) is 0 Å². The molecule has 0 aliphatic rings. The monoisotopic (exact) mass is 287 g/mol. The van der Waals surface area contributed by atoms with E-state index in [9.17, 15) is 8.42 Å². The topological polar surface area (TPSA) is 64.0 Å².